The van der Waals surface area contributed by atoms with Crippen molar-refractivity contribution in [2.75, 3.05) is 6.66 Å². The second-order valence-electron chi connectivity index (χ2n) is 10.8. The predicted octanol–water partition coefficient (Wildman–Crippen LogP) is 8.32. The van der Waals surface area contributed by atoms with Gasteiger partial charge >= 0.3 is 0 Å². The van der Waals surface area contributed by atoms with Gasteiger partial charge in [0.25, 0.3) is 0 Å². The molecule has 200 valence electrons. The molecule has 8 rings (SSSR count). The number of rotatable bonds is 4. The monoisotopic (exact) mass is 559 g/mol. The van der Waals surface area contributed by atoms with Gasteiger partial charge in [0.05, 0.1) is 0 Å². The highest BCUT2D eigenvalue weighted by Gasteiger charge is 2.34. The lowest BCUT2D eigenvalue weighted by molar-refractivity contribution is 0.591. The number of aromatic nitrogens is 3. The summed E-state index contributed by atoms with van der Waals surface area (Å²) in [6, 6.07) is 45.6. The zero-order valence-corrected chi connectivity index (χ0v) is 23.9. The molecular formula is C37H26N3OP. The average molecular weight is 560 g/mol. The molecule has 1 aliphatic heterocycles. The van der Waals surface area contributed by atoms with Crippen LogP contribution in [-0.4, -0.2) is 21.3 Å². The van der Waals surface area contributed by atoms with Crippen LogP contribution in [0.2, 0.25) is 0 Å². The summed E-state index contributed by atoms with van der Waals surface area (Å²) in [7, 11) is -2.65. The maximum atomic E-state index is 13.9. The fraction of sp³-hybridized carbons (Fsp3) is 0.0270. The van der Waals surface area contributed by atoms with Gasteiger partial charge in [0.1, 0.15) is 7.14 Å². The van der Waals surface area contributed by atoms with Gasteiger partial charge < -0.3 is 4.57 Å². The Bertz CT molecular complexity index is 2190. The smallest absolute Gasteiger partial charge is 0.182 e. The van der Waals surface area contributed by atoms with E-state index in [4.69, 9.17) is 10.1 Å². The van der Waals surface area contributed by atoms with Crippen molar-refractivity contribution in [1.82, 2.24) is 14.6 Å². The summed E-state index contributed by atoms with van der Waals surface area (Å²) in [5.41, 5.74) is 10.3. The molecule has 1 unspecified atom stereocenters. The van der Waals surface area contributed by atoms with Gasteiger partial charge in [-0.1, -0.05) is 115 Å². The zero-order valence-electron chi connectivity index (χ0n) is 23.0. The molecule has 0 fully saturated rings. The lowest BCUT2D eigenvalue weighted by Crippen LogP contribution is -2.08. The summed E-state index contributed by atoms with van der Waals surface area (Å²) in [6.45, 7) is 1.88. The Morgan fingerprint density at radius 2 is 1.17 bits per heavy atom. The van der Waals surface area contributed by atoms with Crippen molar-refractivity contribution in [2.45, 2.75) is 0 Å². The van der Waals surface area contributed by atoms with Crippen LogP contribution in [0.15, 0.2) is 140 Å². The van der Waals surface area contributed by atoms with Crippen LogP contribution in [0, 0.1) is 0 Å². The van der Waals surface area contributed by atoms with E-state index in [1.807, 2.05) is 65.8 Å². The first-order chi connectivity index (χ1) is 20.6. The molecule has 0 saturated carbocycles. The van der Waals surface area contributed by atoms with Crippen molar-refractivity contribution < 1.29 is 4.57 Å². The highest BCUT2D eigenvalue weighted by Crippen LogP contribution is 2.50. The van der Waals surface area contributed by atoms with Gasteiger partial charge in [-0.3, -0.25) is 0 Å². The summed E-state index contributed by atoms with van der Waals surface area (Å²) >= 11 is 0. The number of nitrogens with zero attached hydrogens (tertiary/aromatic N) is 3. The highest BCUT2D eigenvalue weighted by atomic mass is 31.2. The number of hydrogen-bond acceptors (Lipinski definition) is 3. The standard InChI is InChI=1S/C37H26N3OP/c1-42(41)34-18-9-8-17-31(34)32-20-19-28(23-35(32)42)27-15-10-16-29(21-27)36-38-37-33(26-13-6-3-7-14-26)22-30(24-40(37)39-36)25-11-4-2-5-12-25/h2-24H,1H3. The number of hydrogen-bond donors (Lipinski definition) is 0. The van der Waals surface area contributed by atoms with Crippen molar-refractivity contribution in [3.05, 3.63) is 140 Å². The van der Waals surface area contributed by atoms with Gasteiger partial charge in [0, 0.05) is 33.5 Å². The molecule has 5 aromatic carbocycles. The fourth-order valence-corrected chi connectivity index (χ4v) is 8.38. The molecule has 1 aliphatic rings. The van der Waals surface area contributed by atoms with E-state index in [0.717, 1.165) is 66.3 Å². The van der Waals surface area contributed by atoms with Crippen LogP contribution in [0.4, 0.5) is 0 Å². The third-order valence-corrected chi connectivity index (χ3v) is 10.8. The summed E-state index contributed by atoms with van der Waals surface area (Å²) in [4.78, 5) is 5.04. The molecule has 0 amide bonds. The molecule has 42 heavy (non-hydrogen) atoms. The maximum Gasteiger partial charge on any atom is 0.182 e. The molecule has 3 heterocycles. The Kier molecular flexibility index (Phi) is 5.60. The van der Waals surface area contributed by atoms with E-state index in [-0.39, 0.29) is 0 Å². The topological polar surface area (TPSA) is 47.3 Å². The maximum absolute atomic E-state index is 13.9. The van der Waals surface area contributed by atoms with E-state index in [1.165, 1.54) is 0 Å². The summed E-state index contributed by atoms with van der Waals surface area (Å²) < 4.78 is 15.8. The molecule has 2 aromatic heterocycles. The summed E-state index contributed by atoms with van der Waals surface area (Å²) in [6.07, 6.45) is 2.05. The quantitative estimate of drug-likeness (QED) is 0.204. The third kappa shape index (κ3) is 3.95. The zero-order chi connectivity index (χ0) is 28.3. The van der Waals surface area contributed by atoms with Crippen LogP contribution in [-0.2, 0) is 4.57 Å². The van der Waals surface area contributed by atoms with Crippen LogP contribution < -0.4 is 10.6 Å². The Hall–Kier alpha value is -5.05. The molecule has 4 nitrogen and oxygen atoms in total. The first-order valence-corrected chi connectivity index (χ1v) is 16.2. The van der Waals surface area contributed by atoms with Gasteiger partial charge in [-0.25, -0.2) is 9.50 Å². The van der Waals surface area contributed by atoms with E-state index in [1.54, 1.807) is 0 Å². The second-order valence-corrected chi connectivity index (χ2v) is 13.6. The van der Waals surface area contributed by atoms with Crippen molar-refractivity contribution >= 4 is 23.4 Å². The molecule has 0 aliphatic carbocycles. The molecule has 7 aromatic rings. The molecule has 1 atom stereocenters. The summed E-state index contributed by atoms with van der Waals surface area (Å²) in [5, 5.41) is 6.84. The number of benzene rings is 5. The van der Waals surface area contributed by atoms with Gasteiger partial charge in [-0.05, 0) is 58.2 Å². The van der Waals surface area contributed by atoms with Crippen LogP contribution in [0.3, 0.4) is 0 Å². The lowest BCUT2D eigenvalue weighted by atomic mass is 9.99. The molecule has 0 radical (unpaired) electrons. The minimum absolute atomic E-state index is 0.661. The third-order valence-electron chi connectivity index (χ3n) is 8.19. The van der Waals surface area contributed by atoms with Gasteiger partial charge in [-0.15, -0.1) is 5.10 Å². The van der Waals surface area contributed by atoms with E-state index in [0.29, 0.717) is 5.82 Å². The molecule has 5 heteroatoms. The Balaban J connectivity index is 1.24. The highest BCUT2D eigenvalue weighted by molar-refractivity contribution is 7.79. The fourth-order valence-electron chi connectivity index (χ4n) is 6.06. The van der Waals surface area contributed by atoms with E-state index < -0.39 is 7.14 Å². The largest absolute Gasteiger partial charge is 0.314 e. The number of pyridine rings is 1. The predicted molar refractivity (Wildman–Crippen MR) is 173 cm³/mol. The van der Waals surface area contributed by atoms with Crippen LogP contribution in [0.1, 0.15) is 0 Å². The Morgan fingerprint density at radius 1 is 0.524 bits per heavy atom. The Labute approximate surface area is 244 Å². The van der Waals surface area contributed by atoms with E-state index in [9.17, 15) is 4.57 Å². The van der Waals surface area contributed by atoms with Gasteiger partial charge in [0.2, 0.25) is 0 Å². The minimum Gasteiger partial charge on any atom is -0.314 e. The number of fused-ring (bicyclic) bond motifs is 4. The Morgan fingerprint density at radius 3 is 1.98 bits per heavy atom. The van der Waals surface area contributed by atoms with Gasteiger partial charge in [-0.2, -0.15) is 0 Å². The first kappa shape index (κ1) is 24.7. The van der Waals surface area contributed by atoms with E-state index >= 15 is 0 Å². The van der Waals surface area contributed by atoms with Crippen LogP contribution in [0.5, 0.6) is 0 Å². The normalized spacial score (nSPS) is 15.5. The van der Waals surface area contributed by atoms with Crippen molar-refractivity contribution in [3.63, 3.8) is 0 Å². The lowest BCUT2D eigenvalue weighted by Gasteiger charge is -2.10. The van der Waals surface area contributed by atoms with Gasteiger partial charge in [0.15, 0.2) is 11.5 Å². The molecule has 0 bridgehead atoms. The van der Waals surface area contributed by atoms with E-state index in [2.05, 4.69) is 85.1 Å². The molecular weight excluding hydrogens is 533 g/mol. The van der Waals surface area contributed by atoms with Crippen LogP contribution in [0.25, 0.3) is 61.5 Å². The second kappa shape index (κ2) is 9.51. The minimum atomic E-state index is -2.65. The molecule has 0 saturated heterocycles. The molecule has 0 spiro atoms. The van der Waals surface area contributed by atoms with Crippen molar-refractivity contribution in [1.29, 1.82) is 0 Å². The SMILES string of the molecule is CP1(=O)c2ccccc2-c2ccc(-c3cccc(-c4nc5c(-c6ccccc6)cc(-c6ccccc6)cn5n4)c3)cc21. The van der Waals surface area contributed by atoms with Crippen LogP contribution >= 0.6 is 7.14 Å². The van der Waals surface area contributed by atoms with Crippen molar-refractivity contribution in [2.24, 2.45) is 0 Å². The summed E-state index contributed by atoms with van der Waals surface area (Å²) in [5.74, 6) is 0.661. The van der Waals surface area contributed by atoms with Crippen molar-refractivity contribution in [3.8, 4) is 55.9 Å². The average Bonchev–Trinajstić information content (AvgIpc) is 3.58. The first-order valence-electron chi connectivity index (χ1n) is 14.0. The molecule has 0 N–H and O–H groups in total.